The van der Waals surface area contributed by atoms with E-state index in [0.717, 1.165) is 42.3 Å². The monoisotopic (exact) mass is 292 g/mol. The van der Waals surface area contributed by atoms with Crippen molar-refractivity contribution in [1.29, 1.82) is 0 Å². The third kappa shape index (κ3) is 4.17. The molecule has 2 amide bonds. The van der Waals surface area contributed by atoms with Crippen molar-refractivity contribution in [3.63, 3.8) is 0 Å². The molecule has 1 N–H and O–H groups in total. The van der Waals surface area contributed by atoms with Gasteiger partial charge in [0.2, 0.25) is 0 Å². The number of anilines is 1. The minimum atomic E-state index is 0.0368. The normalized spacial score (nSPS) is 15.2. The summed E-state index contributed by atoms with van der Waals surface area (Å²) in [7, 11) is 0. The topological polar surface area (TPSA) is 32.3 Å². The fourth-order valence-corrected chi connectivity index (χ4v) is 3.27. The van der Waals surface area contributed by atoms with Crippen molar-refractivity contribution in [2.75, 3.05) is 29.9 Å². The molecule has 1 aliphatic heterocycles. The number of nitrogens with one attached hydrogen (secondary N) is 1. The van der Waals surface area contributed by atoms with E-state index in [0.29, 0.717) is 0 Å². The number of thioether (sulfide) groups is 1. The SMILES string of the molecule is CCCCc1ccc(NC(=O)N2CCSCC2)c(C)c1. The smallest absolute Gasteiger partial charge is 0.321 e. The maximum atomic E-state index is 12.2. The van der Waals surface area contributed by atoms with Crippen molar-refractivity contribution in [1.82, 2.24) is 4.90 Å². The summed E-state index contributed by atoms with van der Waals surface area (Å²) in [6.07, 6.45) is 3.55. The van der Waals surface area contributed by atoms with Crippen molar-refractivity contribution in [2.24, 2.45) is 0 Å². The number of aryl methyl sites for hydroxylation is 2. The number of carbonyl (C=O) groups is 1. The second kappa shape index (κ2) is 7.58. The third-order valence-electron chi connectivity index (χ3n) is 3.65. The molecule has 0 atom stereocenters. The number of nitrogens with zero attached hydrogens (tertiary/aromatic N) is 1. The van der Waals surface area contributed by atoms with Gasteiger partial charge in [0.25, 0.3) is 0 Å². The van der Waals surface area contributed by atoms with E-state index in [9.17, 15) is 4.79 Å². The molecule has 3 nitrogen and oxygen atoms in total. The molecule has 0 unspecified atom stereocenters. The van der Waals surface area contributed by atoms with Crippen LogP contribution in [0.25, 0.3) is 0 Å². The van der Waals surface area contributed by atoms with Crippen LogP contribution in [-0.4, -0.2) is 35.5 Å². The van der Waals surface area contributed by atoms with Gasteiger partial charge in [-0.2, -0.15) is 11.8 Å². The van der Waals surface area contributed by atoms with Crippen LogP contribution >= 0.6 is 11.8 Å². The first kappa shape index (κ1) is 15.2. The summed E-state index contributed by atoms with van der Waals surface area (Å²) >= 11 is 1.91. The molecule has 1 heterocycles. The lowest BCUT2D eigenvalue weighted by molar-refractivity contribution is 0.217. The van der Waals surface area contributed by atoms with E-state index < -0.39 is 0 Å². The van der Waals surface area contributed by atoms with Crippen LogP contribution in [0.15, 0.2) is 18.2 Å². The lowest BCUT2D eigenvalue weighted by Crippen LogP contribution is -2.40. The Morgan fingerprint density at radius 3 is 2.75 bits per heavy atom. The predicted octanol–water partition coefficient (Wildman–Crippen LogP) is 3.92. The van der Waals surface area contributed by atoms with Gasteiger partial charge in [0, 0.05) is 30.3 Å². The first-order valence-corrected chi connectivity index (χ1v) is 8.59. The third-order valence-corrected chi connectivity index (χ3v) is 4.59. The minimum absolute atomic E-state index is 0.0368. The first-order valence-electron chi connectivity index (χ1n) is 7.44. The van der Waals surface area contributed by atoms with E-state index in [1.807, 2.05) is 22.7 Å². The molecule has 0 spiro atoms. The van der Waals surface area contributed by atoms with Gasteiger partial charge in [-0.1, -0.05) is 25.5 Å². The van der Waals surface area contributed by atoms with Crippen molar-refractivity contribution in [3.8, 4) is 0 Å². The van der Waals surface area contributed by atoms with E-state index in [-0.39, 0.29) is 6.03 Å². The van der Waals surface area contributed by atoms with E-state index in [2.05, 4.69) is 31.3 Å². The van der Waals surface area contributed by atoms with Crippen molar-refractivity contribution in [3.05, 3.63) is 29.3 Å². The number of hydrogen-bond donors (Lipinski definition) is 1. The highest BCUT2D eigenvalue weighted by molar-refractivity contribution is 7.99. The van der Waals surface area contributed by atoms with E-state index in [1.54, 1.807) is 0 Å². The van der Waals surface area contributed by atoms with Crippen LogP contribution in [0, 0.1) is 6.92 Å². The van der Waals surface area contributed by atoms with Gasteiger partial charge >= 0.3 is 6.03 Å². The van der Waals surface area contributed by atoms with Crippen molar-refractivity contribution < 1.29 is 4.79 Å². The van der Waals surface area contributed by atoms with Gasteiger partial charge < -0.3 is 10.2 Å². The summed E-state index contributed by atoms with van der Waals surface area (Å²) in [4.78, 5) is 14.1. The molecule has 1 aromatic carbocycles. The van der Waals surface area contributed by atoms with Crippen LogP contribution in [0.5, 0.6) is 0 Å². The van der Waals surface area contributed by atoms with Gasteiger partial charge in [-0.3, -0.25) is 0 Å². The number of urea groups is 1. The van der Waals surface area contributed by atoms with Gasteiger partial charge in [-0.05, 0) is 37.0 Å². The molecule has 1 aromatic rings. The summed E-state index contributed by atoms with van der Waals surface area (Å²) in [6.45, 7) is 5.98. The summed E-state index contributed by atoms with van der Waals surface area (Å²) in [5.74, 6) is 2.09. The molecular weight excluding hydrogens is 268 g/mol. The number of hydrogen-bond acceptors (Lipinski definition) is 2. The Balaban J connectivity index is 1.96. The predicted molar refractivity (Wildman–Crippen MR) is 87.7 cm³/mol. The molecule has 0 radical (unpaired) electrons. The Labute approximate surface area is 126 Å². The lowest BCUT2D eigenvalue weighted by atomic mass is 10.0. The maximum Gasteiger partial charge on any atom is 0.321 e. The van der Waals surface area contributed by atoms with E-state index in [1.165, 1.54) is 18.4 Å². The molecule has 0 aliphatic carbocycles. The zero-order valence-corrected chi connectivity index (χ0v) is 13.3. The van der Waals surface area contributed by atoms with Crippen LogP contribution in [0.1, 0.15) is 30.9 Å². The van der Waals surface area contributed by atoms with Crippen LogP contribution in [0.4, 0.5) is 10.5 Å². The van der Waals surface area contributed by atoms with E-state index in [4.69, 9.17) is 0 Å². The summed E-state index contributed by atoms with van der Waals surface area (Å²) in [5, 5.41) is 3.04. The van der Waals surface area contributed by atoms with Crippen LogP contribution in [-0.2, 0) is 6.42 Å². The van der Waals surface area contributed by atoms with Crippen molar-refractivity contribution >= 4 is 23.5 Å². The molecule has 0 aromatic heterocycles. The second-order valence-corrected chi connectivity index (χ2v) is 6.51. The Morgan fingerprint density at radius 2 is 2.10 bits per heavy atom. The number of carbonyl (C=O) groups excluding carboxylic acids is 1. The van der Waals surface area contributed by atoms with E-state index >= 15 is 0 Å². The number of rotatable bonds is 4. The Bertz CT molecular complexity index is 456. The Morgan fingerprint density at radius 1 is 1.35 bits per heavy atom. The number of unbranched alkanes of at least 4 members (excludes halogenated alkanes) is 1. The van der Waals surface area contributed by atoms with Gasteiger partial charge in [-0.15, -0.1) is 0 Å². The zero-order valence-electron chi connectivity index (χ0n) is 12.4. The average Bonchev–Trinajstić information content (AvgIpc) is 2.48. The average molecular weight is 292 g/mol. The lowest BCUT2D eigenvalue weighted by Gasteiger charge is -2.26. The van der Waals surface area contributed by atoms with Gasteiger partial charge in [-0.25, -0.2) is 4.79 Å². The Kier molecular flexibility index (Phi) is 5.77. The minimum Gasteiger partial charge on any atom is -0.323 e. The molecule has 1 aliphatic rings. The molecule has 20 heavy (non-hydrogen) atoms. The summed E-state index contributed by atoms with van der Waals surface area (Å²) in [6, 6.07) is 6.40. The summed E-state index contributed by atoms with van der Waals surface area (Å²) in [5.41, 5.74) is 3.45. The fraction of sp³-hybridized carbons (Fsp3) is 0.562. The van der Waals surface area contributed by atoms with Gasteiger partial charge in [0.05, 0.1) is 0 Å². The molecule has 2 rings (SSSR count). The number of benzene rings is 1. The highest BCUT2D eigenvalue weighted by atomic mass is 32.2. The highest BCUT2D eigenvalue weighted by Crippen LogP contribution is 2.19. The molecule has 1 saturated heterocycles. The maximum absolute atomic E-state index is 12.2. The molecule has 4 heteroatoms. The fourth-order valence-electron chi connectivity index (χ4n) is 2.36. The Hall–Kier alpha value is -1.16. The first-order chi connectivity index (χ1) is 9.70. The largest absolute Gasteiger partial charge is 0.323 e. The molecule has 1 fully saturated rings. The van der Waals surface area contributed by atoms with Crippen molar-refractivity contribution in [2.45, 2.75) is 33.1 Å². The molecule has 0 saturated carbocycles. The van der Waals surface area contributed by atoms with Crippen LogP contribution < -0.4 is 5.32 Å². The second-order valence-electron chi connectivity index (χ2n) is 5.28. The van der Waals surface area contributed by atoms with Crippen LogP contribution in [0.3, 0.4) is 0 Å². The van der Waals surface area contributed by atoms with Gasteiger partial charge in [0.1, 0.15) is 0 Å². The standard InChI is InChI=1S/C16H24N2OS/c1-3-4-5-14-6-7-15(13(2)12-14)17-16(19)18-8-10-20-11-9-18/h6-7,12H,3-5,8-11H2,1-2H3,(H,17,19). The summed E-state index contributed by atoms with van der Waals surface area (Å²) < 4.78 is 0. The van der Waals surface area contributed by atoms with Crippen LogP contribution in [0.2, 0.25) is 0 Å². The highest BCUT2D eigenvalue weighted by Gasteiger charge is 2.17. The molecule has 110 valence electrons. The number of amides is 2. The van der Waals surface area contributed by atoms with Gasteiger partial charge in [0.15, 0.2) is 0 Å². The molecular formula is C16H24N2OS. The quantitative estimate of drug-likeness (QED) is 0.912. The molecule has 0 bridgehead atoms. The zero-order chi connectivity index (χ0) is 14.4.